The summed E-state index contributed by atoms with van der Waals surface area (Å²) in [5.41, 5.74) is -0.248. The van der Waals surface area contributed by atoms with E-state index < -0.39 is 17.7 Å². The molecule has 0 aromatic carbocycles. The number of esters is 1. The van der Waals surface area contributed by atoms with Gasteiger partial charge in [0.15, 0.2) is 5.15 Å². The number of hydrogen-bond donors (Lipinski definition) is 1. The molecule has 1 N–H and O–H groups in total. The Bertz CT molecular complexity index is 510. The molecule has 0 spiro atoms. The summed E-state index contributed by atoms with van der Waals surface area (Å²) >= 11 is 6.02. The smallest absolute Gasteiger partial charge is 0.407 e. The van der Waals surface area contributed by atoms with Crippen molar-refractivity contribution in [1.82, 2.24) is 20.3 Å². The van der Waals surface area contributed by atoms with E-state index in [1.165, 1.54) is 4.68 Å². The molecule has 1 aromatic rings. The fraction of sp³-hybridized carbons (Fsp3) is 0.667. The highest BCUT2D eigenvalue weighted by atomic mass is 35.5. The molecule has 0 radical (unpaired) electrons. The first-order valence-electron chi connectivity index (χ1n) is 6.43. The third kappa shape index (κ3) is 5.99. The first-order chi connectivity index (χ1) is 9.73. The summed E-state index contributed by atoms with van der Waals surface area (Å²) in [6, 6.07) is 0. The van der Waals surface area contributed by atoms with Crippen LogP contribution < -0.4 is 5.32 Å². The molecule has 0 saturated carbocycles. The minimum atomic E-state index is -0.588. The Morgan fingerprint density at radius 2 is 2.05 bits per heavy atom. The van der Waals surface area contributed by atoms with Gasteiger partial charge in [-0.05, 0) is 27.7 Å². The third-order valence-electron chi connectivity index (χ3n) is 2.12. The van der Waals surface area contributed by atoms with Crippen LogP contribution in [0.1, 0.15) is 33.4 Å². The van der Waals surface area contributed by atoms with Crippen LogP contribution in [0.15, 0.2) is 0 Å². The number of rotatable bonds is 5. The lowest BCUT2D eigenvalue weighted by molar-refractivity contribution is -0.144. The SMILES string of the molecule is CCOC(=O)Cn1nnc(CNC(=O)OC(C)(C)C)c1Cl. The number of nitrogens with zero attached hydrogens (tertiary/aromatic N) is 3. The van der Waals surface area contributed by atoms with Gasteiger partial charge in [-0.2, -0.15) is 0 Å². The molecule has 1 rings (SSSR count). The quantitative estimate of drug-likeness (QED) is 0.827. The topological polar surface area (TPSA) is 95.3 Å². The van der Waals surface area contributed by atoms with Crippen LogP contribution in [-0.2, 0) is 27.4 Å². The maximum atomic E-state index is 11.5. The number of alkyl carbamates (subject to hydrolysis) is 1. The molecule has 21 heavy (non-hydrogen) atoms. The normalized spacial score (nSPS) is 11.1. The summed E-state index contributed by atoms with van der Waals surface area (Å²) in [6.07, 6.45) is -0.585. The molecule has 118 valence electrons. The number of amides is 1. The van der Waals surface area contributed by atoms with E-state index in [4.69, 9.17) is 21.1 Å². The summed E-state index contributed by atoms with van der Waals surface area (Å²) in [7, 11) is 0. The Labute approximate surface area is 127 Å². The van der Waals surface area contributed by atoms with Crippen molar-refractivity contribution < 1.29 is 19.1 Å². The van der Waals surface area contributed by atoms with E-state index in [1.807, 2.05) is 0 Å². The van der Waals surface area contributed by atoms with Gasteiger partial charge in [0, 0.05) is 0 Å². The summed E-state index contributed by atoms with van der Waals surface area (Å²) < 4.78 is 11.1. The van der Waals surface area contributed by atoms with Crippen molar-refractivity contribution in [3.05, 3.63) is 10.8 Å². The molecule has 0 aliphatic carbocycles. The molecular weight excluding hydrogens is 300 g/mol. The molecule has 0 aliphatic rings. The molecule has 0 bridgehead atoms. The van der Waals surface area contributed by atoms with Gasteiger partial charge in [-0.1, -0.05) is 16.8 Å². The van der Waals surface area contributed by atoms with Gasteiger partial charge >= 0.3 is 12.1 Å². The van der Waals surface area contributed by atoms with Crippen LogP contribution in [0.4, 0.5) is 4.79 Å². The van der Waals surface area contributed by atoms with Crippen LogP contribution in [-0.4, -0.2) is 39.3 Å². The molecule has 0 aliphatic heterocycles. The maximum Gasteiger partial charge on any atom is 0.407 e. The van der Waals surface area contributed by atoms with Gasteiger partial charge in [-0.25, -0.2) is 9.48 Å². The standard InChI is InChI=1S/C12H19ClN4O4/c1-5-20-9(18)7-17-10(13)8(15-16-17)6-14-11(19)21-12(2,3)4/h5-7H2,1-4H3,(H,14,19). The molecule has 1 heterocycles. The summed E-state index contributed by atoms with van der Waals surface area (Å²) in [6.45, 7) is 7.18. The highest BCUT2D eigenvalue weighted by Crippen LogP contribution is 2.13. The van der Waals surface area contributed by atoms with Gasteiger partial charge in [0.05, 0.1) is 13.2 Å². The van der Waals surface area contributed by atoms with Crippen molar-refractivity contribution in [3.63, 3.8) is 0 Å². The van der Waals surface area contributed by atoms with Crippen LogP contribution >= 0.6 is 11.6 Å². The van der Waals surface area contributed by atoms with Gasteiger partial charge < -0.3 is 14.8 Å². The highest BCUT2D eigenvalue weighted by molar-refractivity contribution is 6.30. The molecule has 8 nitrogen and oxygen atoms in total. The van der Waals surface area contributed by atoms with E-state index in [0.717, 1.165) is 0 Å². The van der Waals surface area contributed by atoms with Crippen LogP contribution in [0.25, 0.3) is 0 Å². The lowest BCUT2D eigenvalue weighted by Crippen LogP contribution is -2.32. The Morgan fingerprint density at radius 1 is 1.38 bits per heavy atom. The van der Waals surface area contributed by atoms with Gasteiger partial charge in [0.2, 0.25) is 0 Å². The van der Waals surface area contributed by atoms with Crippen LogP contribution in [0.3, 0.4) is 0 Å². The molecular formula is C12H19ClN4O4. The number of carbonyl (C=O) groups is 2. The maximum absolute atomic E-state index is 11.5. The van der Waals surface area contributed by atoms with E-state index in [2.05, 4.69) is 15.6 Å². The Balaban J connectivity index is 2.56. The molecule has 0 fully saturated rings. The fourth-order valence-electron chi connectivity index (χ4n) is 1.35. The number of halogens is 1. The molecule has 1 amide bonds. The number of hydrogen-bond acceptors (Lipinski definition) is 6. The number of carbonyl (C=O) groups excluding carboxylic acids is 2. The van der Waals surface area contributed by atoms with E-state index >= 15 is 0 Å². The first-order valence-corrected chi connectivity index (χ1v) is 6.81. The molecule has 0 atom stereocenters. The monoisotopic (exact) mass is 318 g/mol. The number of ether oxygens (including phenoxy) is 2. The molecule has 0 saturated heterocycles. The lowest BCUT2D eigenvalue weighted by Gasteiger charge is -2.19. The minimum absolute atomic E-state index is 0.0522. The minimum Gasteiger partial charge on any atom is -0.465 e. The second kappa shape index (κ2) is 7.26. The van der Waals surface area contributed by atoms with Crippen LogP contribution in [0, 0.1) is 0 Å². The Kier molecular flexibility index (Phi) is 5.95. The van der Waals surface area contributed by atoms with Crippen LogP contribution in [0.5, 0.6) is 0 Å². The molecule has 1 aromatic heterocycles. The third-order valence-corrected chi connectivity index (χ3v) is 2.53. The van der Waals surface area contributed by atoms with E-state index in [0.29, 0.717) is 5.69 Å². The predicted molar refractivity (Wildman–Crippen MR) is 74.7 cm³/mol. The summed E-state index contributed by atoms with van der Waals surface area (Å²) in [5.74, 6) is -0.462. The highest BCUT2D eigenvalue weighted by Gasteiger charge is 2.18. The first kappa shape index (κ1) is 17.2. The van der Waals surface area contributed by atoms with Crippen molar-refractivity contribution >= 4 is 23.7 Å². The average Bonchev–Trinajstić information content (AvgIpc) is 2.66. The average molecular weight is 319 g/mol. The van der Waals surface area contributed by atoms with Crippen molar-refractivity contribution in [2.75, 3.05) is 6.61 Å². The largest absolute Gasteiger partial charge is 0.465 e. The van der Waals surface area contributed by atoms with Gasteiger partial charge in [-0.15, -0.1) is 5.10 Å². The lowest BCUT2D eigenvalue weighted by atomic mass is 10.2. The van der Waals surface area contributed by atoms with Crippen molar-refractivity contribution in [2.45, 2.75) is 46.4 Å². The number of aromatic nitrogens is 3. The van der Waals surface area contributed by atoms with Crippen molar-refractivity contribution in [2.24, 2.45) is 0 Å². The fourth-order valence-corrected chi connectivity index (χ4v) is 1.54. The predicted octanol–water partition coefficient (Wildman–Crippen LogP) is 1.52. The van der Waals surface area contributed by atoms with Gasteiger partial charge in [0.1, 0.15) is 17.8 Å². The zero-order valence-electron chi connectivity index (χ0n) is 12.5. The van der Waals surface area contributed by atoms with Crippen molar-refractivity contribution in [1.29, 1.82) is 0 Å². The Hall–Kier alpha value is -1.83. The summed E-state index contributed by atoms with van der Waals surface area (Å²) in [4.78, 5) is 22.8. The molecule has 9 heteroatoms. The summed E-state index contributed by atoms with van der Waals surface area (Å²) in [5, 5.41) is 10.2. The van der Waals surface area contributed by atoms with E-state index in [9.17, 15) is 9.59 Å². The zero-order valence-corrected chi connectivity index (χ0v) is 13.2. The van der Waals surface area contributed by atoms with Crippen molar-refractivity contribution in [3.8, 4) is 0 Å². The molecule has 0 unspecified atom stereocenters. The van der Waals surface area contributed by atoms with E-state index in [-0.39, 0.29) is 24.8 Å². The zero-order chi connectivity index (χ0) is 16.0. The van der Waals surface area contributed by atoms with Gasteiger partial charge in [-0.3, -0.25) is 4.79 Å². The second-order valence-electron chi connectivity index (χ2n) is 5.15. The van der Waals surface area contributed by atoms with Gasteiger partial charge in [0.25, 0.3) is 0 Å². The number of nitrogens with one attached hydrogen (secondary N) is 1. The van der Waals surface area contributed by atoms with Crippen LogP contribution in [0.2, 0.25) is 5.15 Å². The van der Waals surface area contributed by atoms with E-state index in [1.54, 1.807) is 27.7 Å². The second-order valence-corrected chi connectivity index (χ2v) is 5.50. The Morgan fingerprint density at radius 3 is 2.62 bits per heavy atom.